The maximum Gasteiger partial charge on any atom is 0.137 e. The first-order valence-electron chi connectivity index (χ1n) is 4.26. The van der Waals surface area contributed by atoms with Gasteiger partial charge in [0.1, 0.15) is 19.7 Å². The minimum absolute atomic E-state index is 0.539. The molecule has 0 bridgehead atoms. The largest absolute Gasteiger partial charge is 0.395 e. The molecule has 0 aliphatic rings. The summed E-state index contributed by atoms with van der Waals surface area (Å²) in [5, 5.41) is 44.7. The number of nitrogens with two attached hydrogens (primary N) is 1. The van der Waals surface area contributed by atoms with E-state index >= 15 is 0 Å². The molecule has 0 aromatic rings. The second-order valence-corrected chi connectivity index (χ2v) is 2.66. The molecule has 0 saturated heterocycles. The van der Waals surface area contributed by atoms with E-state index in [1.807, 2.05) is 0 Å². The predicted octanol–water partition coefficient (Wildman–Crippen LogP) is -4.11. The van der Waals surface area contributed by atoms with Crippen molar-refractivity contribution >= 4 is 0 Å². The summed E-state index contributed by atoms with van der Waals surface area (Å²) in [6, 6.07) is -1.01. The summed E-state index contributed by atoms with van der Waals surface area (Å²) in [6.07, 6.45) is -4.59. The second-order valence-electron chi connectivity index (χ2n) is 2.66. The SMILES string of the molecule is [2H]NN[C@@H](CO)[C@@H](O)[C@H](O)[C@H](O)CO. The molecular weight excluding hydrogens is 180 g/mol. The van der Waals surface area contributed by atoms with Gasteiger partial charge < -0.3 is 25.5 Å². The molecule has 0 spiro atoms. The Bertz CT molecular complexity index is 150. The van der Waals surface area contributed by atoms with Crippen molar-refractivity contribution in [2.24, 2.45) is 5.84 Å². The van der Waals surface area contributed by atoms with Crippen LogP contribution in [-0.2, 0) is 0 Å². The van der Waals surface area contributed by atoms with Gasteiger partial charge in [-0.15, -0.1) is 0 Å². The molecule has 0 unspecified atom stereocenters. The van der Waals surface area contributed by atoms with Gasteiger partial charge in [-0.1, -0.05) is 0 Å². The fourth-order valence-electron chi connectivity index (χ4n) is 0.813. The van der Waals surface area contributed by atoms with Crippen molar-refractivity contribution in [2.75, 3.05) is 13.2 Å². The molecule has 0 heterocycles. The Kier molecular flexibility index (Phi) is 5.16. The molecule has 0 saturated carbocycles. The van der Waals surface area contributed by atoms with E-state index in [0.717, 1.165) is 0 Å². The molecule has 7 heteroatoms. The minimum Gasteiger partial charge on any atom is -0.395 e. The zero-order valence-corrected chi connectivity index (χ0v) is 6.96. The van der Waals surface area contributed by atoms with Crippen LogP contribution < -0.4 is 11.3 Å². The van der Waals surface area contributed by atoms with Crippen molar-refractivity contribution in [3.63, 3.8) is 0 Å². The Hall–Kier alpha value is -0.280. The molecule has 0 amide bonds. The van der Waals surface area contributed by atoms with Crippen LogP contribution in [0.25, 0.3) is 0 Å². The highest BCUT2D eigenvalue weighted by molar-refractivity contribution is 4.83. The van der Waals surface area contributed by atoms with E-state index < -0.39 is 37.6 Å². The fraction of sp³-hybridized carbons (Fsp3) is 1.00. The topological polar surface area (TPSA) is 139 Å². The lowest BCUT2D eigenvalue weighted by Gasteiger charge is -2.26. The van der Waals surface area contributed by atoms with Gasteiger partial charge in [-0.3, -0.25) is 11.3 Å². The van der Waals surface area contributed by atoms with Crippen molar-refractivity contribution < 1.29 is 26.9 Å². The number of nitrogens with one attached hydrogen (secondary N) is 1. The summed E-state index contributed by atoms with van der Waals surface area (Å²) in [7, 11) is 0. The lowest BCUT2D eigenvalue weighted by Crippen LogP contribution is -2.54. The van der Waals surface area contributed by atoms with E-state index in [9.17, 15) is 10.2 Å². The molecule has 0 aromatic carbocycles. The van der Waals surface area contributed by atoms with Crippen LogP contribution in [0, 0.1) is 0 Å². The Labute approximate surface area is 76.9 Å². The van der Waals surface area contributed by atoms with Gasteiger partial charge >= 0.3 is 0 Å². The van der Waals surface area contributed by atoms with E-state index in [-0.39, 0.29) is 0 Å². The van der Waals surface area contributed by atoms with E-state index in [0.29, 0.717) is 0 Å². The van der Waals surface area contributed by atoms with Crippen molar-refractivity contribution in [2.45, 2.75) is 24.4 Å². The van der Waals surface area contributed by atoms with Crippen LogP contribution in [0.3, 0.4) is 0 Å². The van der Waals surface area contributed by atoms with Gasteiger partial charge in [-0.05, 0) is 0 Å². The van der Waals surface area contributed by atoms with Crippen LogP contribution in [0.4, 0.5) is 0 Å². The number of hydrazine groups is 1. The van der Waals surface area contributed by atoms with Gasteiger partial charge in [0.25, 0.3) is 0 Å². The summed E-state index contributed by atoms with van der Waals surface area (Å²) in [5.74, 6) is 1.74. The van der Waals surface area contributed by atoms with Gasteiger partial charge in [0.05, 0.1) is 19.3 Å². The zero-order chi connectivity index (χ0) is 11.1. The molecule has 0 radical (unpaired) electrons. The van der Waals surface area contributed by atoms with E-state index in [1.54, 1.807) is 5.84 Å². The monoisotopic (exact) mass is 197 g/mol. The quantitative estimate of drug-likeness (QED) is 0.162. The highest BCUT2D eigenvalue weighted by atomic mass is 16.4. The van der Waals surface area contributed by atoms with Gasteiger partial charge in [0, 0.05) is 0 Å². The van der Waals surface area contributed by atoms with Gasteiger partial charge in [-0.2, -0.15) is 0 Å². The molecule has 8 N–H and O–H groups in total. The van der Waals surface area contributed by atoms with Crippen molar-refractivity contribution in [3.05, 3.63) is 0 Å². The van der Waals surface area contributed by atoms with Gasteiger partial charge in [0.2, 0.25) is 0 Å². The third kappa shape index (κ3) is 3.53. The van der Waals surface area contributed by atoms with E-state index in [2.05, 4.69) is 5.43 Å². The number of rotatable bonds is 7. The van der Waals surface area contributed by atoms with Crippen LogP contribution in [-0.4, -0.2) is 63.1 Å². The van der Waals surface area contributed by atoms with Gasteiger partial charge in [-0.25, -0.2) is 0 Å². The molecule has 0 rings (SSSR count). The molecule has 4 atom stereocenters. The molecule has 0 fully saturated rings. The average Bonchev–Trinajstić information content (AvgIpc) is 2.22. The molecule has 0 aliphatic carbocycles. The summed E-state index contributed by atoms with van der Waals surface area (Å²) in [4.78, 5) is 0. The highest BCUT2D eigenvalue weighted by Gasteiger charge is 2.29. The van der Waals surface area contributed by atoms with E-state index in [4.69, 9.17) is 16.7 Å². The lowest BCUT2D eigenvalue weighted by atomic mass is 10.0. The third-order valence-electron chi connectivity index (χ3n) is 1.73. The molecule has 13 heavy (non-hydrogen) atoms. The van der Waals surface area contributed by atoms with Crippen molar-refractivity contribution in [3.8, 4) is 0 Å². The Morgan fingerprint density at radius 1 is 1.15 bits per heavy atom. The standard InChI is InChI=1S/C6H16N2O5/c7-8-3(1-9)5(12)6(13)4(11)2-10/h3-6,8-13H,1-2,7H2/t3-,4+,5+,6+/m0/s1/i/hD. The Morgan fingerprint density at radius 2 is 1.77 bits per heavy atom. The molecule has 80 valence electrons. The molecular formula is C6H16N2O5. The number of hydrogen-bond acceptors (Lipinski definition) is 7. The minimum atomic E-state index is -1.60. The zero-order valence-electron chi connectivity index (χ0n) is 7.96. The summed E-state index contributed by atoms with van der Waals surface area (Å²) >= 11 is 0. The van der Waals surface area contributed by atoms with Crippen molar-refractivity contribution in [1.29, 1.82) is 0 Å². The Balaban J connectivity index is 4.17. The summed E-state index contributed by atoms with van der Waals surface area (Å²) < 4.78 is 6.55. The Morgan fingerprint density at radius 3 is 2.15 bits per heavy atom. The van der Waals surface area contributed by atoms with Crippen LogP contribution >= 0.6 is 0 Å². The summed E-state index contributed by atoms with van der Waals surface area (Å²) in [5.41, 5.74) is 2.16. The first kappa shape index (κ1) is 10.8. The van der Waals surface area contributed by atoms with Crippen LogP contribution in [0.5, 0.6) is 0 Å². The predicted molar refractivity (Wildman–Crippen MR) is 43.3 cm³/mol. The number of aliphatic hydroxyl groups is 5. The second kappa shape index (κ2) is 6.22. The third-order valence-corrected chi connectivity index (χ3v) is 1.73. The van der Waals surface area contributed by atoms with E-state index in [1.165, 1.54) is 0 Å². The average molecular weight is 197 g/mol. The highest BCUT2D eigenvalue weighted by Crippen LogP contribution is 2.03. The normalized spacial score (nSPS) is 21.8. The first-order valence-corrected chi connectivity index (χ1v) is 3.76. The van der Waals surface area contributed by atoms with Crippen molar-refractivity contribution in [1.82, 2.24) is 5.43 Å². The van der Waals surface area contributed by atoms with Crippen LogP contribution in [0.1, 0.15) is 0 Å². The number of hydrogen-bond donors (Lipinski definition) is 7. The maximum absolute atomic E-state index is 9.34. The van der Waals surface area contributed by atoms with Crippen LogP contribution in [0.2, 0.25) is 1.41 Å². The maximum atomic E-state index is 9.34. The smallest absolute Gasteiger partial charge is 0.137 e. The molecule has 7 nitrogen and oxygen atoms in total. The lowest BCUT2D eigenvalue weighted by molar-refractivity contribution is -0.0916. The summed E-state index contributed by atoms with van der Waals surface area (Å²) in [6.45, 7) is -1.24. The number of aliphatic hydroxyl groups excluding tert-OH is 5. The first-order chi connectivity index (χ1) is 6.58. The van der Waals surface area contributed by atoms with Crippen LogP contribution in [0.15, 0.2) is 0 Å². The molecule has 0 aliphatic heterocycles. The van der Waals surface area contributed by atoms with Gasteiger partial charge in [0.15, 0.2) is 0 Å². The molecule has 0 aromatic heterocycles. The fourth-order valence-corrected chi connectivity index (χ4v) is 0.813.